The van der Waals surface area contributed by atoms with Crippen molar-refractivity contribution in [2.75, 3.05) is 18.4 Å². The molecule has 1 aliphatic carbocycles. The molecule has 0 radical (unpaired) electrons. The summed E-state index contributed by atoms with van der Waals surface area (Å²) in [6.07, 6.45) is 2.40. The van der Waals surface area contributed by atoms with E-state index in [0.29, 0.717) is 23.9 Å². The summed E-state index contributed by atoms with van der Waals surface area (Å²) in [6, 6.07) is 1.71. The minimum Gasteiger partial charge on any atom is -0.359 e. The van der Waals surface area contributed by atoms with Crippen molar-refractivity contribution in [3.63, 3.8) is 0 Å². The zero-order valence-electron chi connectivity index (χ0n) is 12.4. The van der Waals surface area contributed by atoms with Gasteiger partial charge in [0.1, 0.15) is 5.01 Å². The molecule has 1 saturated carbocycles. The van der Waals surface area contributed by atoms with Crippen LogP contribution >= 0.6 is 22.7 Å². The van der Waals surface area contributed by atoms with Crippen molar-refractivity contribution in [2.24, 2.45) is 0 Å². The van der Waals surface area contributed by atoms with E-state index in [1.807, 2.05) is 13.8 Å². The van der Waals surface area contributed by atoms with E-state index in [-0.39, 0.29) is 0 Å². The molecule has 1 fully saturated rings. The van der Waals surface area contributed by atoms with Crippen LogP contribution < -0.4 is 10.0 Å². The molecule has 0 aliphatic heterocycles. The van der Waals surface area contributed by atoms with Crippen molar-refractivity contribution in [3.8, 4) is 0 Å². The summed E-state index contributed by atoms with van der Waals surface area (Å²) < 4.78 is 27.1. The van der Waals surface area contributed by atoms with Crippen molar-refractivity contribution < 1.29 is 8.42 Å². The Morgan fingerprint density at radius 1 is 1.23 bits per heavy atom. The molecule has 0 unspecified atom stereocenters. The molecule has 0 amide bonds. The number of hydrogen-bond donors (Lipinski definition) is 2. The normalized spacial score (nSPS) is 15.2. The fraction of sp³-hybridized carbons (Fsp3) is 0.538. The average Bonchev–Trinajstić information content (AvgIpc) is 3.09. The first-order valence-corrected chi connectivity index (χ1v) is 10.2. The molecular weight excluding hydrogens is 340 g/mol. The third-order valence-corrected chi connectivity index (χ3v) is 7.07. The minimum absolute atomic E-state index is 0.314. The SMILES string of the molecule is Cc1cc(S(=O)(=O)NCCNc2nnc(C3CC3)s2)c(C)s1. The number of hydrogen-bond acceptors (Lipinski definition) is 7. The summed E-state index contributed by atoms with van der Waals surface area (Å²) in [5.74, 6) is 0.594. The first kappa shape index (κ1) is 15.9. The molecule has 2 N–H and O–H groups in total. The van der Waals surface area contributed by atoms with Crippen molar-refractivity contribution >= 4 is 37.8 Å². The molecule has 0 spiro atoms. The third-order valence-electron chi connectivity index (χ3n) is 3.35. The Balaban J connectivity index is 1.50. The van der Waals surface area contributed by atoms with Crippen LogP contribution in [0.1, 0.15) is 33.5 Å². The predicted octanol–water partition coefficient (Wildman–Crippen LogP) is 2.48. The Bertz CT molecular complexity index is 762. The molecule has 6 nitrogen and oxygen atoms in total. The molecule has 2 aromatic rings. The van der Waals surface area contributed by atoms with Crippen molar-refractivity contribution in [1.29, 1.82) is 0 Å². The van der Waals surface area contributed by atoms with E-state index in [1.165, 1.54) is 24.2 Å². The molecule has 0 atom stereocenters. The summed E-state index contributed by atoms with van der Waals surface area (Å²) in [5, 5.41) is 13.1. The van der Waals surface area contributed by atoms with Crippen LogP contribution in [0.25, 0.3) is 0 Å². The highest BCUT2D eigenvalue weighted by Crippen LogP contribution is 2.41. The first-order valence-electron chi connectivity index (χ1n) is 7.09. The Morgan fingerprint density at radius 2 is 2.00 bits per heavy atom. The van der Waals surface area contributed by atoms with E-state index in [0.717, 1.165) is 19.9 Å². The number of sulfonamides is 1. The molecule has 2 aromatic heterocycles. The maximum Gasteiger partial charge on any atom is 0.241 e. The van der Waals surface area contributed by atoms with Gasteiger partial charge in [-0.05, 0) is 32.8 Å². The lowest BCUT2D eigenvalue weighted by Gasteiger charge is -2.06. The van der Waals surface area contributed by atoms with Crippen molar-refractivity contribution in [1.82, 2.24) is 14.9 Å². The summed E-state index contributed by atoms with van der Waals surface area (Å²) in [6.45, 7) is 4.53. The van der Waals surface area contributed by atoms with Gasteiger partial charge in [-0.2, -0.15) is 0 Å². The highest BCUT2D eigenvalue weighted by Gasteiger charge is 2.27. The van der Waals surface area contributed by atoms with Crippen LogP contribution in [0.2, 0.25) is 0 Å². The number of thiophene rings is 1. The molecule has 3 rings (SSSR count). The highest BCUT2D eigenvalue weighted by atomic mass is 32.2. The van der Waals surface area contributed by atoms with Gasteiger partial charge < -0.3 is 5.32 Å². The number of aryl methyl sites for hydroxylation is 2. The van der Waals surface area contributed by atoms with Crippen LogP contribution in [0.3, 0.4) is 0 Å². The van der Waals surface area contributed by atoms with Gasteiger partial charge in [0, 0.05) is 28.8 Å². The lowest BCUT2D eigenvalue weighted by atomic mass is 10.4. The molecule has 0 saturated heterocycles. The second kappa shape index (κ2) is 6.23. The maximum absolute atomic E-state index is 12.2. The quantitative estimate of drug-likeness (QED) is 0.743. The van der Waals surface area contributed by atoms with Crippen molar-refractivity contribution in [3.05, 3.63) is 20.8 Å². The Morgan fingerprint density at radius 3 is 2.64 bits per heavy atom. The summed E-state index contributed by atoms with van der Waals surface area (Å²) >= 11 is 3.05. The lowest BCUT2D eigenvalue weighted by molar-refractivity contribution is 0.582. The van der Waals surface area contributed by atoms with Gasteiger partial charge in [0.2, 0.25) is 15.2 Å². The fourth-order valence-corrected chi connectivity index (χ4v) is 5.63. The molecule has 120 valence electrons. The van der Waals surface area contributed by atoms with Crippen LogP contribution in [0.4, 0.5) is 5.13 Å². The van der Waals surface area contributed by atoms with Crippen LogP contribution in [-0.2, 0) is 10.0 Å². The van der Waals surface area contributed by atoms with E-state index in [9.17, 15) is 8.42 Å². The number of aromatic nitrogens is 2. The molecule has 1 aliphatic rings. The fourth-order valence-electron chi connectivity index (χ4n) is 2.11. The lowest BCUT2D eigenvalue weighted by Crippen LogP contribution is -2.29. The third kappa shape index (κ3) is 3.65. The van der Waals surface area contributed by atoms with Gasteiger partial charge in [0.15, 0.2) is 0 Å². The summed E-state index contributed by atoms with van der Waals surface area (Å²) in [5.41, 5.74) is 0. The molecule has 0 aromatic carbocycles. The minimum atomic E-state index is -3.43. The highest BCUT2D eigenvalue weighted by molar-refractivity contribution is 7.89. The van der Waals surface area contributed by atoms with E-state index in [1.54, 1.807) is 17.4 Å². The van der Waals surface area contributed by atoms with Gasteiger partial charge >= 0.3 is 0 Å². The topological polar surface area (TPSA) is 84.0 Å². The monoisotopic (exact) mass is 358 g/mol. The van der Waals surface area contributed by atoms with E-state index >= 15 is 0 Å². The van der Waals surface area contributed by atoms with E-state index in [2.05, 4.69) is 20.2 Å². The first-order chi connectivity index (χ1) is 10.5. The van der Waals surface area contributed by atoms with Gasteiger partial charge in [-0.1, -0.05) is 11.3 Å². The summed E-state index contributed by atoms with van der Waals surface area (Å²) in [4.78, 5) is 2.19. The molecule has 9 heteroatoms. The number of rotatable bonds is 7. The van der Waals surface area contributed by atoms with Crippen molar-refractivity contribution in [2.45, 2.75) is 37.5 Å². The molecular formula is C13H18N4O2S3. The maximum atomic E-state index is 12.2. The zero-order chi connectivity index (χ0) is 15.7. The van der Waals surface area contributed by atoms with E-state index in [4.69, 9.17) is 0 Å². The average molecular weight is 359 g/mol. The molecule has 2 heterocycles. The zero-order valence-corrected chi connectivity index (χ0v) is 14.9. The number of anilines is 1. The smallest absolute Gasteiger partial charge is 0.241 e. The Hall–Kier alpha value is -1.03. The number of nitrogens with zero attached hydrogens (tertiary/aromatic N) is 2. The number of nitrogens with one attached hydrogen (secondary N) is 2. The Labute approximate surface area is 138 Å². The van der Waals surface area contributed by atoms with Gasteiger partial charge in [0.05, 0.1) is 4.90 Å². The van der Waals surface area contributed by atoms with Gasteiger partial charge in [0.25, 0.3) is 0 Å². The van der Waals surface area contributed by atoms with Crippen LogP contribution in [0.15, 0.2) is 11.0 Å². The largest absolute Gasteiger partial charge is 0.359 e. The van der Waals surface area contributed by atoms with Crippen LogP contribution in [0, 0.1) is 13.8 Å². The molecule has 22 heavy (non-hydrogen) atoms. The van der Waals surface area contributed by atoms with Gasteiger partial charge in [-0.15, -0.1) is 21.5 Å². The van der Waals surface area contributed by atoms with Gasteiger partial charge in [-0.25, -0.2) is 13.1 Å². The Kier molecular flexibility index (Phi) is 4.49. The second-order valence-electron chi connectivity index (χ2n) is 5.32. The van der Waals surface area contributed by atoms with Gasteiger partial charge in [-0.3, -0.25) is 0 Å². The standard InChI is InChI=1S/C13H18N4O2S3/c1-8-7-11(9(2)20-8)22(18,19)15-6-5-14-13-17-16-12(21-13)10-3-4-10/h7,10,15H,3-6H2,1-2H3,(H,14,17). The molecule has 0 bridgehead atoms. The second-order valence-corrected chi connectivity index (χ2v) is 9.53. The predicted molar refractivity (Wildman–Crippen MR) is 89.4 cm³/mol. The van der Waals surface area contributed by atoms with Crippen LogP contribution in [-0.4, -0.2) is 31.7 Å². The van der Waals surface area contributed by atoms with Crippen LogP contribution in [0.5, 0.6) is 0 Å². The summed E-state index contributed by atoms with van der Waals surface area (Å²) in [7, 11) is -3.43. The van der Waals surface area contributed by atoms with E-state index < -0.39 is 10.0 Å².